The Hall–Kier alpha value is -3.41. The van der Waals surface area contributed by atoms with Crippen molar-refractivity contribution in [2.24, 2.45) is 0 Å². The van der Waals surface area contributed by atoms with Crippen LogP contribution in [0.2, 0.25) is 0 Å². The predicted octanol–water partition coefficient (Wildman–Crippen LogP) is 2.93. The second-order valence-electron chi connectivity index (χ2n) is 5.44. The minimum absolute atomic E-state index is 0.0756. The van der Waals surface area contributed by atoms with Crippen LogP contribution in [0.4, 0.5) is 5.69 Å². The number of H-pyrrole nitrogens is 1. The number of amides is 1. The molecule has 0 atom stereocenters. The third-order valence-corrected chi connectivity index (χ3v) is 3.80. The molecule has 0 aliphatic carbocycles. The van der Waals surface area contributed by atoms with Crippen LogP contribution in [0.3, 0.4) is 0 Å². The summed E-state index contributed by atoms with van der Waals surface area (Å²) in [6.45, 7) is 0. The molecule has 6 heteroatoms. The summed E-state index contributed by atoms with van der Waals surface area (Å²) in [5, 5.41) is 8.06. The molecular formula is C18H15N5O. The van der Waals surface area contributed by atoms with Gasteiger partial charge < -0.3 is 10.3 Å². The van der Waals surface area contributed by atoms with Gasteiger partial charge in [0.15, 0.2) is 5.82 Å². The van der Waals surface area contributed by atoms with E-state index in [1.165, 1.54) is 0 Å². The number of anilines is 1. The molecule has 3 heterocycles. The fourth-order valence-electron chi connectivity index (χ4n) is 2.66. The number of nitrogens with zero attached hydrogens (tertiary/aromatic N) is 3. The van der Waals surface area contributed by atoms with Crippen LogP contribution in [0.1, 0.15) is 5.56 Å². The average Bonchev–Trinajstić information content (AvgIpc) is 3.26. The van der Waals surface area contributed by atoms with Crippen LogP contribution in [-0.4, -0.2) is 25.7 Å². The van der Waals surface area contributed by atoms with E-state index in [9.17, 15) is 4.79 Å². The Labute approximate surface area is 138 Å². The third kappa shape index (κ3) is 2.77. The Kier molecular flexibility index (Phi) is 3.55. The van der Waals surface area contributed by atoms with E-state index >= 15 is 0 Å². The number of hydrogen-bond donors (Lipinski definition) is 2. The molecule has 0 bridgehead atoms. The first-order valence-corrected chi connectivity index (χ1v) is 7.60. The van der Waals surface area contributed by atoms with Gasteiger partial charge in [-0.25, -0.2) is 9.67 Å². The van der Waals surface area contributed by atoms with Crippen LogP contribution in [0.25, 0.3) is 16.7 Å². The molecule has 0 saturated carbocycles. The maximum absolute atomic E-state index is 12.3. The van der Waals surface area contributed by atoms with Crippen molar-refractivity contribution in [2.75, 3.05) is 5.32 Å². The van der Waals surface area contributed by atoms with Gasteiger partial charge >= 0.3 is 0 Å². The smallest absolute Gasteiger partial charge is 0.228 e. The summed E-state index contributed by atoms with van der Waals surface area (Å²) in [5.74, 6) is 0.628. The van der Waals surface area contributed by atoms with Gasteiger partial charge in [0.1, 0.15) is 0 Å². The zero-order valence-corrected chi connectivity index (χ0v) is 12.8. The molecule has 0 fully saturated rings. The number of benzene rings is 1. The Morgan fingerprint density at radius 2 is 2.08 bits per heavy atom. The number of carbonyl (C=O) groups excluding carboxylic acids is 1. The molecule has 0 aliphatic heterocycles. The normalized spacial score (nSPS) is 10.8. The van der Waals surface area contributed by atoms with Gasteiger partial charge in [-0.3, -0.25) is 4.79 Å². The minimum atomic E-state index is -0.0756. The van der Waals surface area contributed by atoms with E-state index in [0.717, 1.165) is 16.5 Å². The van der Waals surface area contributed by atoms with Crippen LogP contribution >= 0.6 is 0 Å². The summed E-state index contributed by atoms with van der Waals surface area (Å²) in [6, 6.07) is 13.4. The van der Waals surface area contributed by atoms with Gasteiger partial charge in [0, 0.05) is 29.5 Å². The molecule has 24 heavy (non-hydrogen) atoms. The third-order valence-electron chi connectivity index (χ3n) is 3.80. The second kappa shape index (κ2) is 6.00. The largest absolute Gasteiger partial charge is 0.361 e. The van der Waals surface area contributed by atoms with E-state index in [1.807, 2.05) is 54.9 Å². The van der Waals surface area contributed by atoms with Gasteiger partial charge in [0.25, 0.3) is 0 Å². The first-order chi connectivity index (χ1) is 11.8. The molecule has 4 aromatic rings. The number of para-hydroxylation sites is 1. The number of hydrogen-bond acceptors (Lipinski definition) is 3. The van der Waals surface area contributed by atoms with Gasteiger partial charge in [-0.15, -0.1) is 0 Å². The lowest BCUT2D eigenvalue weighted by Crippen LogP contribution is -2.14. The lowest BCUT2D eigenvalue weighted by atomic mass is 10.1. The molecule has 3 aromatic heterocycles. The highest BCUT2D eigenvalue weighted by atomic mass is 16.1. The fourth-order valence-corrected chi connectivity index (χ4v) is 2.66. The van der Waals surface area contributed by atoms with Crippen molar-refractivity contribution in [2.45, 2.75) is 6.42 Å². The molecule has 2 N–H and O–H groups in total. The molecule has 0 spiro atoms. The van der Waals surface area contributed by atoms with Crippen molar-refractivity contribution < 1.29 is 4.79 Å². The van der Waals surface area contributed by atoms with Gasteiger partial charge in [0.05, 0.1) is 18.3 Å². The highest BCUT2D eigenvalue weighted by Gasteiger charge is 2.09. The fraction of sp³-hybridized carbons (Fsp3) is 0.0556. The highest BCUT2D eigenvalue weighted by Crippen LogP contribution is 2.18. The SMILES string of the molecule is O=C(Cc1c[nH]c2ccccc12)Nc1ccc(-n2cccn2)nc1. The Morgan fingerprint density at radius 3 is 2.88 bits per heavy atom. The summed E-state index contributed by atoms with van der Waals surface area (Å²) in [4.78, 5) is 19.7. The standard InChI is InChI=1S/C18H15N5O/c24-18(10-13-11-19-16-5-2-1-4-15(13)16)22-14-6-7-17(20-12-14)23-9-3-8-21-23/h1-9,11-12,19H,10H2,(H,22,24). The first kappa shape index (κ1) is 14.2. The zero-order chi connectivity index (χ0) is 16.4. The molecule has 1 amide bonds. The number of aromatic nitrogens is 4. The Bertz CT molecular complexity index is 970. The maximum atomic E-state index is 12.3. The maximum Gasteiger partial charge on any atom is 0.228 e. The lowest BCUT2D eigenvalue weighted by molar-refractivity contribution is -0.115. The summed E-state index contributed by atoms with van der Waals surface area (Å²) in [6.07, 6.45) is 7.33. The van der Waals surface area contributed by atoms with Crippen LogP contribution in [0, 0.1) is 0 Å². The predicted molar refractivity (Wildman–Crippen MR) is 92.0 cm³/mol. The molecule has 118 valence electrons. The van der Waals surface area contributed by atoms with Crippen LogP contribution in [0.5, 0.6) is 0 Å². The molecule has 6 nitrogen and oxygen atoms in total. The number of aromatic amines is 1. The molecule has 0 unspecified atom stereocenters. The summed E-state index contributed by atoms with van der Waals surface area (Å²) in [5.41, 5.74) is 2.67. The van der Waals surface area contributed by atoms with Crippen molar-refractivity contribution in [3.05, 3.63) is 72.8 Å². The number of rotatable bonds is 4. The van der Waals surface area contributed by atoms with Crippen LogP contribution in [0.15, 0.2) is 67.3 Å². The molecule has 0 aliphatic rings. The monoisotopic (exact) mass is 317 g/mol. The molecule has 0 saturated heterocycles. The summed E-state index contributed by atoms with van der Waals surface area (Å²) < 4.78 is 1.66. The van der Waals surface area contributed by atoms with E-state index in [-0.39, 0.29) is 5.91 Å². The quantitative estimate of drug-likeness (QED) is 0.607. The average molecular weight is 317 g/mol. The van der Waals surface area contributed by atoms with E-state index < -0.39 is 0 Å². The lowest BCUT2D eigenvalue weighted by Gasteiger charge is -2.06. The second-order valence-corrected chi connectivity index (χ2v) is 5.44. The Balaban J connectivity index is 1.46. The molecule has 1 aromatic carbocycles. The minimum Gasteiger partial charge on any atom is -0.361 e. The van der Waals surface area contributed by atoms with Crippen LogP contribution < -0.4 is 5.32 Å². The van der Waals surface area contributed by atoms with E-state index in [0.29, 0.717) is 17.9 Å². The van der Waals surface area contributed by atoms with Crippen molar-refractivity contribution >= 4 is 22.5 Å². The number of pyridine rings is 1. The van der Waals surface area contributed by atoms with Gasteiger partial charge in [-0.05, 0) is 29.8 Å². The summed E-state index contributed by atoms with van der Waals surface area (Å²) in [7, 11) is 0. The van der Waals surface area contributed by atoms with Crippen molar-refractivity contribution in [3.63, 3.8) is 0 Å². The van der Waals surface area contributed by atoms with Crippen molar-refractivity contribution in [1.29, 1.82) is 0 Å². The number of fused-ring (bicyclic) bond motifs is 1. The van der Waals surface area contributed by atoms with E-state index in [2.05, 4.69) is 20.4 Å². The zero-order valence-electron chi connectivity index (χ0n) is 12.8. The number of carbonyl (C=O) groups is 1. The topological polar surface area (TPSA) is 75.6 Å². The van der Waals surface area contributed by atoms with E-state index in [4.69, 9.17) is 0 Å². The van der Waals surface area contributed by atoms with Gasteiger partial charge in [0.2, 0.25) is 5.91 Å². The van der Waals surface area contributed by atoms with Gasteiger partial charge in [-0.2, -0.15) is 5.10 Å². The van der Waals surface area contributed by atoms with Crippen molar-refractivity contribution in [1.82, 2.24) is 19.7 Å². The van der Waals surface area contributed by atoms with Gasteiger partial charge in [-0.1, -0.05) is 18.2 Å². The molecular weight excluding hydrogens is 302 g/mol. The van der Waals surface area contributed by atoms with Crippen LogP contribution in [-0.2, 0) is 11.2 Å². The molecule has 4 rings (SSSR count). The highest BCUT2D eigenvalue weighted by molar-refractivity contribution is 5.95. The van der Waals surface area contributed by atoms with E-state index in [1.54, 1.807) is 17.1 Å². The van der Waals surface area contributed by atoms with Crippen molar-refractivity contribution in [3.8, 4) is 5.82 Å². The Morgan fingerprint density at radius 1 is 1.17 bits per heavy atom. The number of nitrogens with one attached hydrogen (secondary N) is 2. The first-order valence-electron chi connectivity index (χ1n) is 7.60. The molecule has 0 radical (unpaired) electrons. The summed E-state index contributed by atoms with van der Waals surface area (Å²) >= 11 is 0.